The first-order valence-electron chi connectivity index (χ1n) is 7.48. The molecule has 0 spiro atoms. The van der Waals surface area contributed by atoms with Gasteiger partial charge in [-0.1, -0.05) is 19.0 Å². The van der Waals surface area contributed by atoms with Crippen LogP contribution in [0.1, 0.15) is 32.6 Å². The van der Waals surface area contributed by atoms with Crippen molar-refractivity contribution in [3.8, 4) is 11.4 Å². The molecule has 0 bridgehead atoms. The highest BCUT2D eigenvalue weighted by atomic mass is 32.2. The Bertz CT molecular complexity index is 539. The smallest absolute Gasteiger partial charge is 0.226 e. The molecule has 5 heteroatoms. The topological polar surface area (TPSA) is 64.9 Å². The third-order valence-electron chi connectivity index (χ3n) is 3.40. The predicted octanol–water partition coefficient (Wildman–Crippen LogP) is 3.77. The minimum Gasteiger partial charge on any atom is -0.339 e. The summed E-state index contributed by atoms with van der Waals surface area (Å²) in [5, 5.41) is 4.07. The standard InChI is InChI=1S/C16H23N3OS/c1-3-21-14-7-5-13(6-8-14)16-18-15(20-19-16)9-4-12(2)10-11-17/h5-8,12H,3-4,9-11,17H2,1-2H3. The van der Waals surface area contributed by atoms with E-state index in [4.69, 9.17) is 10.3 Å². The molecule has 0 saturated heterocycles. The van der Waals surface area contributed by atoms with Gasteiger partial charge in [-0.25, -0.2) is 0 Å². The molecule has 0 fully saturated rings. The Labute approximate surface area is 130 Å². The first-order chi connectivity index (χ1) is 10.2. The average molecular weight is 305 g/mol. The maximum absolute atomic E-state index is 5.56. The predicted molar refractivity (Wildman–Crippen MR) is 87.3 cm³/mol. The van der Waals surface area contributed by atoms with Gasteiger partial charge in [-0.3, -0.25) is 0 Å². The monoisotopic (exact) mass is 305 g/mol. The molecule has 4 nitrogen and oxygen atoms in total. The first-order valence-corrected chi connectivity index (χ1v) is 8.47. The van der Waals surface area contributed by atoms with E-state index in [9.17, 15) is 0 Å². The highest BCUT2D eigenvalue weighted by Crippen LogP contribution is 2.22. The Morgan fingerprint density at radius 3 is 2.67 bits per heavy atom. The fraction of sp³-hybridized carbons (Fsp3) is 0.500. The normalized spacial score (nSPS) is 12.5. The Kier molecular flexibility index (Phi) is 6.26. The summed E-state index contributed by atoms with van der Waals surface area (Å²) in [6.45, 7) is 5.09. The van der Waals surface area contributed by atoms with E-state index in [0.717, 1.165) is 37.1 Å². The Morgan fingerprint density at radius 2 is 2.00 bits per heavy atom. The average Bonchev–Trinajstić information content (AvgIpc) is 2.95. The van der Waals surface area contributed by atoms with Crippen LogP contribution in [0.25, 0.3) is 11.4 Å². The van der Waals surface area contributed by atoms with Gasteiger partial charge in [0.15, 0.2) is 0 Å². The van der Waals surface area contributed by atoms with Gasteiger partial charge in [-0.15, -0.1) is 11.8 Å². The number of thioether (sulfide) groups is 1. The molecule has 2 N–H and O–H groups in total. The minimum atomic E-state index is 0.593. The summed E-state index contributed by atoms with van der Waals surface area (Å²) in [6.07, 6.45) is 2.89. The molecule has 0 aliphatic carbocycles. The van der Waals surface area contributed by atoms with Gasteiger partial charge in [0.1, 0.15) is 0 Å². The second-order valence-electron chi connectivity index (χ2n) is 5.19. The van der Waals surface area contributed by atoms with E-state index in [0.29, 0.717) is 17.6 Å². The molecule has 1 unspecified atom stereocenters. The summed E-state index contributed by atoms with van der Waals surface area (Å²) in [4.78, 5) is 5.74. The summed E-state index contributed by atoms with van der Waals surface area (Å²) in [6, 6.07) is 8.29. The van der Waals surface area contributed by atoms with E-state index in [1.54, 1.807) is 0 Å². The van der Waals surface area contributed by atoms with E-state index in [1.807, 2.05) is 23.9 Å². The molecule has 1 atom stereocenters. The summed E-state index contributed by atoms with van der Waals surface area (Å²) < 4.78 is 5.33. The number of benzene rings is 1. The number of rotatable bonds is 8. The van der Waals surface area contributed by atoms with Gasteiger partial charge in [0.25, 0.3) is 0 Å². The van der Waals surface area contributed by atoms with Crippen LogP contribution in [0.2, 0.25) is 0 Å². The van der Waals surface area contributed by atoms with E-state index in [1.165, 1.54) is 4.90 Å². The zero-order valence-corrected chi connectivity index (χ0v) is 13.5. The van der Waals surface area contributed by atoms with Crippen molar-refractivity contribution in [2.75, 3.05) is 12.3 Å². The van der Waals surface area contributed by atoms with Crippen LogP contribution in [0, 0.1) is 5.92 Å². The lowest BCUT2D eigenvalue weighted by atomic mass is 10.0. The fourth-order valence-electron chi connectivity index (χ4n) is 2.14. The van der Waals surface area contributed by atoms with Crippen LogP contribution >= 0.6 is 11.8 Å². The number of nitrogens with zero attached hydrogens (tertiary/aromatic N) is 2. The SMILES string of the molecule is CCSc1ccc(-c2noc(CCC(C)CCN)n2)cc1. The summed E-state index contributed by atoms with van der Waals surface area (Å²) in [5.41, 5.74) is 6.56. The molecule has 0 saturated carbocycles. The second kappa shape index (κ2) is 8.20. The summed E-state index contributed by atoms with van der Waals surface area (Å²) in [7, 11) is 0. The molecule has 0 radical (unpaired) electrons. The quantitative estimate of drug-likeness (QED) is 0.752. The van der Waals surface area contributed by atoms with E-state index in [2.05, 4.69) is 36.1 Å². The van der Waals surface area contributed by atoms with Gasteiger partial charge in [-0.2, -0.15) is 4.98 Å². The van der Waals surface area contributed by atoms with Crippen LogP contribution in [0.15, 0.2) is 33.7 Å². The van der Waals surface area contributed by atoms with Crippen molar-refractivity contribution in [1.29, 1.82) is 0 Å². The van der Waals surface area contributed by atoms with E-state index >= 15 is 0 Å². The third kappa shape index (κ3) is 4.86. The van der Waals surface area contributed by atoms with Gasteiger partial charge >= 0.3 is 0 Å². The van der Waals surface area contributed by atoms with Gasteiger partial charge in [0.2, 0.25) is 11.7 Å². The number of hydrogen-bond acceptors (Lipinski definition) is 5. The van der Waals surface area contributed by atoms with Gasteiger partial charge in [0, 0.05) is 16.9 Å². The molecule has 0 amide bonds. The summed E-state index contributed by atoms with van der Waals surface area (Å²) >= 11 is 1.83. The molecule has 0 aliphatic rings. The van der Waals surface area contributed by atoms with Crippen LogP contribution in [-0.4, -0.2) is 22.4 Å². The van der Waals surface area contributed by atoms with Crippen LogP contribution in [0.3, 0.4) is 0 Å². The van der Waals surface area contributed by atoms with Crippen LogP contribution in [0.4, 0.5) is 0 Å². The van der Waals surface area contributed by atoms with Crippen molar-refractivity contribution in [1.82, 2.24) is 10.1 Å². The fourth-order valence-corrected chi connectivity index (χ4v) is 2.80. The minimum absolute atomic E-state index is 0.593. The molecular weight excluding hydrogens is 282 g/mol. The maximum Gasteiger partial charge on any atom is 0.226 e. The van der Waals surface area contributed by atoms with Gasteiger partial charge in [0.05, 0.1) is 0 Å². The lowest BCUT2D eigenvalue weighted by molar-refractivity contribution is 0.362. The van der Waals surface area contributed by atoms with E-state index < -0.39 is 0 Å². The molecule has 0 aliphatic heterocycles. The molecule has 114 valence electrons. The molecular formula is C16H23N3OS. The van der Waals surface area contributed by atoms with Crippen LogP contribution in [-0.2, 0) is 6.42 Å². The number of aromatic nitrogens is 2. The number of hydrogen-bond donors (Lipinski definition) is 1. The molecule has 2 aromatic rings. The van der Waals surface area contributed by atoms with Crippen molar-refractivity contribution in [3.05, 3.63) is 30.2 Å². The van der Waals surface area contributed by atoms with Crippen molar-refractivity contribution in [2.45, 2.75) is 38.0 Å². The second-order valence-corrected chi connectivity index (χ2v) is 6.53. The van der Waals surface area contributed by atoms with E-state index in [-0.39, 0.29) is 0 Å². The lowest BCUT2D eigenvalue weighted by Crippen LogP contribution is -2.06. The zero-order valence-electron chi connectivity index (χ0n) is 12.7. The maximum atomic E-state index is 5.56. The molecule has 1 heterocycles. The van der Waals surface area contributed by atoms with Crippen LogP contribution in [0.5, 0.6) is 0 Å². The van der Waals surface area contributed by atoms with Gasteiger partial charge in [-0.05, 0) is 55.3 Å². The number of aryl methyl sites for hydroxylation is 1. The van der Waals surface area contributed by atoms with Gasteiger partial charge < -0.3 is 10.3 Å². The van der Waals surface area contributed by atoms with Crippen molar-refractivity contribution in [3.63, 3.8) is 0 Å². The largest absolute Gasteiger partial charge is 0.339 e. The molecule has 2 rings (SSSR count). The highest BCUT2D eigenvalue weighted by molar-refractivity contribution is 7.99. The van der Waals surface area contributed by atoms with Crippen molar-refractivity contribution in [2.24, 2.45) is 11.7 Å². The third-order valence-corrected chi connectivity index (χ3v) is 4.30. The Morgan fingerprint density at radius 1 is 1.24 bits per heavy atom. The molecule has 21 heavy (non-hydrogen) atoms. The molecule has 1 aromatic carbocycles. The summed E-state index contributed by atoms with van der Waals surface area (Å²) in [5.74, 6) is 3.05. The van der Waals surface area contributed by atoms with Crippen molar-refractivity contribution >= 4 is 11.8 Å². The van der Waals surface area contributed by atoms with Crippen molar-refractivity contribution < 1.29 is 4.52 Å². The Balaban J connectivity index is 1.95. The first kappa shape index (κ1) is 16.0. The number of nitrogens with two attached hydrogens (primary N) is 1. The highest BCUT2D eigenvalue weighted by Gasteiger charge is 2.10. The Hall–Kier alpha value is -1.33. The molecule has 1 aromatic heterocycles. The zero-order chi connectivity index (χ0) is 15.1. The van der Waals surface area contributed by atoms with Crippen LogP contribution < -0.4 is 5.73 Å². The lowest BCUT2D eigenvalue weighted by Gasteiger charge is -2.06.